The van der Waals surface area contributed by atoms with E-state index < -0.39 is 0 Å². The van der Waals surface area contributed by atoms with E-state index in [9.17, 15) is 4.79 Å². The molecular formula is C15H18N2O3S. The molecule has 2 aromatic heterocycles. The lowest BCUT2D eigenvalue weighted by Crippen LogP contribution is -2.45. The van der Waals surface area contributed by atoms with Crippen LogP contribution in [0.15, 0.2) is 21.9 Å². The number of oxazole rings is 1. The van der Waals surface area contributed by atoms with Crippen molar-refractivity contribution in [2.45, 2.75) is 26.4 Å². The number of carbonyl (C=O) groups excluding carboxylic acids is 1. The summed E-state index contributed by atoms with van der Waals surface area (Å²) in [7, 11) is 0. The van der Waals surface area contributed by atoms with Gasteiger partial charge in [-0.2, -0.15) is 0 Å². The van der Waals surface area contributed by atoms with Crippen LogP contribution in [0.25, 0.3) is 10.8 Å². The molecule has 1 saturated heterocycles. The molecule has 1 fully saturated rings. The standard InChI is InChI=1S/C15H18N2O3S/c1-3-11-9-17(6-7-19-11)15(18)13-10(2)20-14(16-13)12-5-4-8-21-12/h4-5,8,11H,3,6-7,9H2,1-2H3/t11-/m1/s1. The molecule has 0 unspecified atom stereocenters. The lowest BCUT2D eigenvalue weighted by molar-refractivity contribution is -0.0228. The zero-order valence-corrected chi connectivity index (χ0v) is 13.0. The maximum atomic E-state index is 12.6. The van der Waals surface area contributed by atoms with Gasteiger partial charge in [-0.25, -0.2) is 4.98 Å². The molecule has 112 valence electrons. The predicted molar refractivity (Wildman–Crippen MR) is 80.5 cm³/mol. The van der Waals surface area contributed by atoms with Crippen LogP contribution in [0, 0.1) is 6.92 Å². The molecular weight excluding hydrogens is 288 g/mol. The zero-order chi connectivity index (χ0) is 14.8. The lowest BCUT2D eigenvalue weighted by Gasteiger charge is -2.32. The molecule has 1 aliphatic heterocycles. The summed E-state index contributed by atoms with van der Waals surface area (Å²) in [6.45, 7) is 5.66. The smallest absolute Gasteiger partial charge is 0.276 e. The van der Waals surface area contributed by atoms with Crippen LogP contribution in [0.3, 0.4) is 0 Å². The topological polar surface area (TPSA) is 55.6 Å². The molecule has 5 nitrogen and oxygen atoms in total. The first kappa shape index (κ1) is 14.3. The summed E-state index contributed by atoms with van der Waals surface area (Å²) in [6, 6.07) is 3.88. The molecule has 0 bridgehead atoms. The van der Waals surface area contributed by atoms with E-state index in [1.807, 2.05) is 17.5 Å². The van der Waals surface area contributed by atoms with E-state index in [1.54, 1.807) is 23.2 Å². The summed E-state index contributed by atoms with van der Waals surface area (Å²) in [5, 5.41) is 1.96. The van der Waals surface area contributed by atoms with Gasteiger partial charge in [-0.05, 0) is 24.8 Å². The molecule has 0 aromatic carbocycles. The van der Waals surface area contributed by atoms with Crippen molar-refractivity contribution in [2.75, 3.05) is 19.7 Å². The third-order valence-corrected chi connectivity index (χ3v) is 4.47. The summed E-state index contributed by atoms with van der Waals surface area (Å²) in [5.41, 5.74) is 0.412. The maximum absolute atomic E-state index is 12.6. The number of amides is 1. The van der Waals surface area contributed by atoms with Crippen LogP contribution in [0.5, 0.6) is 0 Å². The average molecular weight is 306 g/mol. The van der Waals surface area contributed by atoms with E-state index in [4.69, 9.17) is 9.15 Å². The van der Waals surface area contributed by atoms with Crippen molar-refractivity contribution in [3.63, 3.8) is 0 Å². The fraction of sp³-hybridized carbons (Fsp3) is 0.467. The Morgan fingerprint density at radius 3 is 3.14 bits per heavy atom. The van der Waals surface area contributed by atoms with Crippen molar-refractivity contribution in [3.8, 4) is 10.8 Å². The second-order valence-corrected chi connectivity index (χ2v) is 6.00. The van der Waals surface area contributed by atoms with Crippen molar-refractivity contribution < 1.29 is 13.9 Å². The van der Waals surface area contributed by atoms with Gasteiger partial charge in [0, 0.05) is 13.1 Å². The highest BCUT2D eigenvalue weighted by Gasteiger charge is 2.28. The van der Waals surface area contributed by atoms with E-state index in [0.29, 0.717) is 37.0 Å². The van der Waals surface area contributed by atoms with Crippen molar-refractivity contribution >= 4 is 17.2 Å². The van der Waals surface area contributed by atoms with Crippen molar-refractivity contribution in [3.05, 3.63) is 29.0 Å². The number of aromatic nitrogens is 1. The highest BCUT2D eigenvalue weighted by atomic mass is 32.1. The van der Waals surface area contributed by atoms with E-state index >= 15 is 0 Å². The summed E-state index contributed by atoms with van der Waals surface area (Å²) in [5.74, 6) is 1.02. The fourth-order valence-corrected chi connectivity index (χ4v) is 3.05. The van der Waals surface area contributed by atoms with Crippen LogP contribution in [0.2, 0.25) is 0 Å². The Balaban J connectivity index is 1.81. The number of nitrogens with zero attached hydrogens (tertiary/aromatic N) is 2. The van der Waals surface area contributed by atoms with Gasteiger partial charge >= 0.3 is 0 Å². The van der Waals surface area contributed by atoms with Gasteiger partial charge in [0.25, 0.3) is 5.91 Å². The van der Waals surface area contributed by atoms with Gasteiger partial charge in [0.2, 0.25) is 5.89 Å². The van der Waals surface area contributed by atoms with Gasteiger partial charge in [0.1, 0.15) is 5.76 Å². The Morgan fingerprint density at radius 2 is 2.43 bits per heavy atom. The number of hydrogen-bond acceptors (Lipinski definition) is 5. The Hall–Kier alpha value is -1.66. The summed E-state index contributed by atoms with van der Waals surface area (Å²) < 4.78 is 11.2. The molecule has 0 aliphatic carbocycles. The van der Waals surface area contributed by atoms with Crippen LogP contribution >= 0.6 is 11.3 Å². The largest absolute Gasteiger partial charge is 0.440 e. The van der Waals surface area contributed by atoms with Gasteiger partial charge in [-0.1, -0.05) is 13.0 Å². The SMILES string of the molecule is CC[C@@H]1CN(C(=O)c2nc(-c3cccs3)oc2C)CCO1. The highest BCUT2D eigenvalue weighted by Crippen LogP contribution is 2.26. The number of morpholine rings is 1. The number of aryl methyl sites for hydroxylation is 1. The quantitative estimate of drug-likeness (QED) is 0.875. The highest BCUT2D eigenvalue weighted by molar-refractivity contribution is 7.13. The van der Waals surface area contributed by atoms with E-state index in [2.05, 4.69) is 11.9 Å². The third kappa shape index (κ3) is 2.87. The molecule has 0 saturated carbocycles. The Labute approximate surface area is 127 Å². The molecule has 1 amide bonds. The molecule has 1 atom stereocenters. The Morgan fingerprint density at radius 1 is 1.57 bits per heavy atom. The molecule has 1 aliphatic rings. The number of carbonyl (C=O) groups is 1. The van der Waals surface area contributed by atoms with E-state index in [1.165, 1.54) is 0 Å². The molecule has 3 rings (SSSR count). The van der Waals surface area contributed by atoms with Crippen molar-refractivity contribution in [1.29, 1.82) is 0 Å². The van der Waals surface area contributed by atoms with Crippen LogP contribution in [0.4, 0.5) is 0 Å². The van der Waals surface area contributed by atoms with Gasteiger partial charge in [0.05, 0.1) is 17.6 Å². The minimum atomic E-state index is -0.0687. The van der Waals surface area contributed by atoms with Gasteiger partial charge in [-0.15, -0.1) is 11.3 Å². The van der Waals surface area contributed by atoms with Crippen molar-refractivity contribution in [1.82, 2.24) is 9.88 Å². The summed E-state index contributed by atoms with van der Waals surface area (Å²) >= 11 is 1.55. The maximum Gasteiger partial charge on any atom is 0.276 e. The van der Waals surface area contributed by atoms with E-state index in [0.717, 1.165) is 11.3 Å². The Bertz CT molecular complexity index is 621. The van der Waals surface area contributed by atoms with Crippen molar-refractivity contribution in [2.24, 2.45) is 0 Å². The summed E-state index contributed by atoms with van der Waals surface area (Å²) in [6.07, 6.45) is 1.02. The normalized spacial score (nSPS) is 19.0. The van der Waals surface area contributed by atoms with Crippen LogP contribution in [0.1, 0.15) is 29.6 Å². The Kier molecular flexibility index (Phi) is 4.07. The minimum Gasteiger partial charge on any atom is -0.440 e. The first-order valence-electron chi connectivity index (χ1n) is 7.11. The predicted octanol–water partition coefficient (Wildman–Crippen LogP) is 2.96. The lowest BCUT2D eigenvalue weighted by atomic mass is 10.2. The fourth-order valence-electron chi connectivity index (χ4n) is 2.40. The number of thiophene rings is 1. The third-order valence-electron chi connectivity index (χ3n) is 3.61. The van der Waals surface area contributed by atoms with Crippen LogP contribution < -0.4 is 0 Å². The van der Waals surface area contributed by atoms with E-state index in [-0.39, 0.29) is 12.0 Å². The number of ether oxygens (including phenoxy) is 1. The second-order valence-electron chi connectivity index (χ2n) is 5.05. The second kappa shape index (κ2) is 5.99. The molecule has 0 spiro atoms. The molecule has 21 heavy (non-hydrogen) atoms. The average Bonchev–Trinajstić information content (AvgIpc) is 3.16. The first-order chi connectivity index (χ1) is 10.2. The van der Waals surface area contributed by atoms with Crippen LogP contribution in [-0.4, -0.2) is 41.6 Å². The molecule has 2 aromatic rings. The van der Waals surface area contributed by atoms with Gasteiger partial charge < -0.3 is 14.1 Å². The summed E-state index contributed by atoms with van der Waals surface area (Å²) in [4.78, 5) is 19.7. The molecule has 6 heteroatoms. The minimum absolute atomic E-state index is 0.0687. The monoisotopic (exact) mass is 306 g/mol. The van der Waals surface area contributed by atoms with Crippen LogP contribution in [-0.2, 0) is 4.74 Å². The number of rotatable bonds is 3. The first-order valence-corrected chi connectivity index (χ1v) is 7.99. The zero-order valence-electron chi connectivity index (χ0n) is 12.2. The molecule has 3 heterocycles. The molecule has 0 N–H and O–H groups in total. The number of hydrogen-bond donors (Lipinski definition) is 0. The molecule has 0 radical (unpaired) electrons. The van der Waals surface area contributed by atoms with Gasteiger partial charge in [0.15, 0.2) is 5.69 Å². The van der Waals surface area contributed by atoms with Gasteiger partial charge in [-0.3, -0.25) is 4.79 Å².